The molecule has 1 fully saturated rings. The van der Waals surface area contributed by atoms with E-state index in [-0.39, 0.29) is 5.25 Å². The van der Waals surface area contributed by atoms with Crippen LogP contribution in [0.5, 0.6) is 0 Å². The van der Waals surface area contributed by atoms with Gasteiger partial charge in [0, 0.05) is 6.54 Å². The second-order valence-corrected chi connectivity index (χ2v) is 7.39. The van der Waals surface area contributed by atoms with Crippen molar-refractivity contribution in [1.82, 2.24) is 5.32 Å². The number of hydrogen-bond acceptors (Lipinski definition) is 4. The first-order chi connectivity index (χ1) is 6.60. The summed E-state index contributed by atoms with van der Waals surface area (Å²) in [6.07, 6.45) is 0.692. The van der Waals surface area contributed by atoms with Crippen LogP contribution in [0, 0.1) is 0 Å². The molecular formula is C8H10ClNO2S2. The molecule has 2 heterocycles. The minimum absolute atomic E-state index is 0.280. The Kier molecular flexibility index (Phi) is 2.83. The smallest absolute Gasteiger partial charge is 0.191 e. The van der Waals surface area contributed by atoms with Crippen LogP contribution in [0.2, 0.25) is 4.34 Å². The highest BCUT2D eigenvalue weighted by Gasteiger charge is 2.31. The first-order valence-electron chi connectivity index (χ1n) is 4.30. The standard InChI is InChI=1S/C8H10ClNO2S2/c9-7-1-2-8(13-7)14(11,12)6-3-4-10-5-6/h1-2,6,10H,3-5H2. The number of rotatable bonds is 2. The Morgan fingerprint density at radius 1 is 1.50 bits per heavy atom. The van der Waals surface area contributed by atoms with Gasteiger partial charge in [0.15, 0.2) is 9.84 Å². The van der Waals surface area contributed by atoms with E-state index in [9.17, 15) is 8.42 Å². The second-order valence-electron chi connectivity index (χ2n) is 3.22. The zero-order chi connectivity index (χ0) is 10.2. The highest BCUT2D eigenvalue weighted by atomic mass is 35.5. The Bertz CT molecular complexity index is 420. The molecule has 1 saturated heterocycles. The van der Waals surface area contributed by atoms with Crippen LogP contribution in [-0.4, -0.2) is 26.8 Å². The summed E-state index contributed by atoms with van der Waals surface area (Å²) in [7, 11) is -3.15. The van der Waals surface area contributed by atoms with Gasteiger partial charge >= 0.3 is 0 Å². The van der Waals surface area contributed by atoms with Gasteiger partial charge in [0.1, 0.15) is 4.21 Å². The lowest BCUT2D eigenvalue weighted by atomic mass is 10.4. The first kappa shape index (κ1) is 10.4. The van der Waals surface area contributed by atoms with E-state index in [2.05, 4.69) is 5.32 Å². The van der Waals surface area contributed by atoms with E-state index in [4.69, 9.17) is 11.6 Å². The average molecular weight is 252 g/mol. The Hall–Kier alpha value is -0.100. The minimum atomic E-state index is -3.15. The van der Waals surface area contributed by atoms with Crippen molar-refractivity contribution in [2.75, 3.05) is 13.1 Å². The van der Waals surface area contributed by atoms with Gasteiger partial charge < -0.3 is 5.32 Å². The van der Waals surface area contributed by atoms with Gasteiger partial charge in [-0.05, 0) is 25.1 Å². The summed E-state index contributed by atoms with van der Waals surface area (Å²) >= 11 is 6.84. The summed E-state index contributed by atoms with van der Waals surface area (Å²) in [6, 6.07) is 3.21. The number of thiophene rings is 1. The van der Waals surface area contributed by atoms with E-state index in [0.29, 0.717) is 21.5 Å². The molecule has 1 N–H and O–H groups in total. The lowest BCUT2D eigenvalue weighted by Crippen LogP contribution is -2.23. The summed E-state index contributed by atoms with van der Waals surface area (Å²) in [5.41, 5.74) is 0. The molecule has 1 unspecified atom stereocenters. The molecule has 78 valence electrons. The van der Waals surface area contributed by atoms with Crippen LogP contribution < -0.4 is 5.32 Å². The van der Waals surface area contributed by atoms with E-state index in [1.165, 1.54) is 0 Å². The fraction of sp³-hybridized carbons (Fsp3) is 0.500. The van der Waals surface area contributed by atoms with E-state index in [1.54, 1.807) is 12.1 Å². The molecule has 2 rings (SSSR count). The van der Waals surface area contributed by atoms with Crippen molar-refractivity contribution in [3.05, 3.63) is 16.5 Å². The average Bonchev–Trinajstić information content (AvgIpc) is 2.72. The van der Waals surface area contributed by atoms with E-state index in [0.717, 1.165) is 17.9 Å². The Morgan fingerprint density at radius 3 is 2.79 bits per heavy atom. The predicted octanol–water partition coefficient (Wildman–Crippen LogP) is 1.54. The van der Waals surface area contributed by atoms with Crippen molar-refractivity contribution < 1.29 is 8.42 Å². The molecule has 0 aromatic carbocycles. The van der Waals surface area contributed by atoms with Crippen molar-refractivity contribution in [3.8, 4) is 0 Å². The third-order valence-electron chi connectivity index (χ3n) is 2.28. The quantitative estimate of drug-likeness (QED) is 0.867. The molecule has 0 spiro atoms. The van der Waals surface area contributed by atoms with Gasteiger partial charge in [0.2, 0.25) is 0 Å². The van der Waals surface area contributed by atoms with Crippen LogP contribution in [0.3, 0.4) is 0 Å². The molecule has 0 amide bonds. The summed E-state index contributed by atoms with van der Waals surface area (Å²) in [6.45, 7) is 1.33. The molecule has 1 atom stereocenters. The third-order valence-corrected chi connectivity index (χ3v) is 6.23. The molecular weight excluding hydrogens is 242 g/mol. The van der Waals surface area contributed by atoms with E-state index < -0.39 is 9.84 Å². The topological polar surface area (TPSA) is 46.2 Å². The molecule has 0 bridgehead atoms. The van der Waals surface area contributed by atoms with Crippen molar-refractivity contribution in [1.29, 1.82) is 0 Å². The zero-order valence-electron chi connectivity index (χ0n) is 7.36. The maximum absolute atomic E-state index is 12.0. The fourth-order valence-electron chi connectivity index (χ4n) is 1.51. The molecule has 14 heavy (non-hydrogen) atoms. The van der Waals surface area contributed by atoms with Crippen molar-refractivity contribution in [2.24, 2.45) is 0 Å². The predicted molar refractivity (Wildman–Crippen MR) is 57.8 cm³/mol. The molecule has 1 aliphatic rings. The SMILES string of the molecule is O=S(=O)(c1ccc(Cl)s1)C1CCNC1. The lowest BCUT2D eigenvalue weighted by Gasteiger charge is -2.07. The number of sulfone groups is 1. The first-order valence-corrected chi connectivity index (χ1v) is 7.05. The van der Waals surface area contributed by atoms with Gasteiger partial charge in [0.05, 0.1) is 9.59 Å². The maximum Gasteiger partial charge on any atom is 0.191 e. The number of nitrogens with one attached hydrogen (secondary N) is 1. The second kappa shape index (κ2) is 3.81. The maximum atomic E-state index is 12.0. The fourth-order valence-corrected chi connectivity index (χ4v) is 4.92. The highest BCUT2D eigenvalue weighted by molar-refractivity contribution is 7.94. The number of halogens is 1. The van der Waals surface area contributed by atoms with Crippen molar-refractivity contribution >= 4 is 32.8 Å². The molecule has 1 aromatic heterocycles. The molecule has 6 heteroatoms. The summed E-state index contributed by atoms with van der Waals surface area (Å²) in [5.74, 6) is 0. The van der Waals surface area contributed by atoms with Crippen LogP contribution in [-0.2, 0) is 9.84 Å². The lowest BCUT2D eigenvalue weighted by molar-refractivity contribution is 0.585. The molecule has 1 aliphatic heterocycles. The van der Waals surface area contributed by atoms with Crippen LogP contribution >= 0.6 is 22.9 Å². The monoisotopic (exact) mass is 251 g/mol. The van der Waals surface area contributed by atoms with Gasteiger partial charge in [-0.2, -0.15) is 0 Å². The third kappa shape index (κ3) is 1.82. The summed E-state index contributed by atoms with van der Waals surface area (Å²) in [4.78, 5) is 0. The molecule has 3 nitrogen and oxygen atoms in total. The van der Waals surface area contributed by atoms with Gasteiger partial charge in [0.25, 0.3) is 0 Å². The van der Waals surface area contributed by atoms with Gasteiger partial charge in [-0.25, -0.2) is 8.42 Å². The normalized spacial score (nSPS) is 22.8. The minimum Gasteiger partial charge on any atom is -0.315 e. The van der Waals surface area contributed by atoms with Crippen LogP contribution in [0.4, 0.5) is 0 Å². The van der Waals surface area contributed by atoms with Gasteiger partial charge in [-0.1, -0.05) is 11.6 Å². The summed E-state index contributed by atoms with van der Waals surface area (Å²) < 4.78 is 24.8. The van der Waals surface area contributed by atoms with Crippen LogP contribution in [0.1, 0.15) is 6.42 Å². The van der Waals surface area contributed by atoms with Crippen molar-refractivity contribution in [3.63, 3.8) is 0 Å². The van der Waals surface area contributed by atoms with E-state index in [1.807, 2.05) is 0 Å². The molecule has 0 saturated carbocycles. The van der Waals surface area contributed by atoms with Crippen LogP contribution in [0.15, 0.2) is 16.3 Å². The number of hydrogen-bond donors (Lipinski definition) is 1. The molecule has 0 aliphatic carbocycles. The van der Waals surface area contributed by atoms with Crippen LogP contribution in [0.25, 0.3) is 0 Å². The Labute approximate surface area is 92.0 Å². The Morgan fingerprint density at radius 2 is 2.29 bits per heavy atom. The Balaban J connectivity index is 2.32. The molecule has 0 radical (unpaired) electrons. The summed E-state index contributed by atoms with van der Waals surface area (Å²) in [5, 5.41) is 2.77. The molecule has 1 aromatic rings. The van der Waals surface area contributed by atoms with Crippen molar-refractivity contribution in [2.45, 2.75) is 15.9 Å². The van der Waals surface area contributed by atoms with Gasteiger partial charge in [-0.3, -0.25) is 0 Å². The van der Waals surface area contributed by atoms with E-state index >= 15 is 0 Å². The highest BCUT2D eigenvalue weighted by Crippen LogP contribution is 2.29. The van der Waals surface area contributed by atoms with Gasteiger partial charge in [-0.15, -0.1) is 11.3 Å². The zero-order valence-corrected chi connectivity index (χ0v) is 9.75. The largest absolute Gasteiger partial charge is 0.315 e.